The highest BCUT2D eigenvalue weighted by Gasteiger charge is 2.27. The Morgan fingerprint density at radius 3 is 3.05 bits per heavy atom. The standard InChI is InChI=1S/C16H21N3OS/c1-12-10-18(2)16(17-12)13-5-3-7-19(11-13)15(20)9-14-6-4-8-21-14/h4,6,8,10,13H,3,5,7,9,11H2,1-2H3. The molecule has 2 aromatic rings. The molecule has 1 aliphatic rings. The Bertz CT molecular complexity index is 618. The highest BCUT2D eigenvalue weighted by molar-refractivity contribution is 7.10. The zero-order valence-electron chi connectivity index (χ0n) is 12.6. The number of nitrogens with zero attached hydrogens (tertiary/aromatic N) is 3. The summed E-state index contributed by atoms with van der Waals surface area (Å²) in [4.78, 5) is 20.2. The van der Waals surface area contributed by atoms with Gasteiger partial charge in [-0.05, 0) is 31.2 Å². The second kappa shape index (κ2) is 6.02. The van der Waals surface area contributed by atoms with Gasteiger partial charge in [-0.3, -0.25) is 4.79 Å². The van der Waals surface area contributed by atoms with Crippen molar-refractivity contribution in [1.29, 1.82) is 0 Å². The van der Waals surface area contributed by atoms with E-state index >= 15 is 0 Å². The van der Waals surface area contributed by atoms with Gasteiger partial charge in [-0.25, -0.2) is 4.98 Å². The van der Waals surface area contributed by atoms with Gasteiger partial charge in [0.05, 0.1) is 12.1 Å². The fourth-order valence-electron chi connectivity index (χ4n) is 3.10. The van der Waals surface area contributed by atoms with E-state index in [2.05, 4.69) is 15.7 Å². The van der Waals surface area contributed by atoms with E-state index in [1.807, 2.05) is 36.4 Å². The van der Waals surface area contributed by atoms with Gasteiger partial charge in [-0.1, -0.05) is 6.07 Å². The normalized spacial score (nSPS) is 19.0. The third-order valence-corrected chi connectivity index (χ3v) is 4.95. The molecule has 21 heavy (non-hydrogen) atoms. The lowest BCUT2D eigenvalue weighted by atomic mass is 9.97. The summed E-state index contributed by atoms with van der Waals surface area (Å²) >= 11 is 1.65. The fraction of sp³-hybridized carbons (Fsp3) is 0.500. The topological polar surface area (TPSA) is 38.1 Å². The quantitative estimate of drug-likeness (QED) is 0.874. The van der Waals surface area contributed by atoms with Crippen LogP contribution in [0.5, 0.6) is 0 Å². The molecule has 0 aliphatic carbocycles. The van der Waals surface area contributed by atoms with Gasteiger partial charge in [0.25, 0.3) is 0 Å². The van der Waals surface area contributed by atoms with E-state index in [0.29, 0.717) is 12.3 Å². The van der Waals surface area contributed by atoms with Crippen LogP contribution in [0.1, 0.15) is 35.2 Å². The maximum Gasteiger partial charge on any atom is 0.227 e. The minimum Gasteiger partial charge on any atom is -0.342 e. The fourth-order valence-corrected chi connectivity index (χ4v) is 3.80. The van der Waals surface area contributed by atoms with E-state index in [1.54, 1.807) is 11.3 Å². The van der Waals surface area contributed by atoms with E-state index in [0.717, 1.165) is 42.3 Å². The van der Waals surface area contributed by atoms with Crippen LogP contribution in [-0.4, -0.2) is 33.4 Å². The van der Waals surface area contributed by atoms with Crippen molar-refractivity contribution in [3.63, 3.8) is 0 Å². The van der Waals surface area contributed by atoms with Crippen molar-refractivity contribution in [1.82, 2.24) is 14.5 Å². The summed E-state index contributed by atoms with van der Waals surface area (Å²) in [7, 11) is 2.04. The molecule has 0 spiro atoms. The molecule has 112 valence electrons. The number of aryl methyl sites for hydroxylation is 2. The van der Waals surface area contributed by atoms with Gasteiger partial charge in [-0.2, -0.15) is 0 Å². The first-order valence-electron chi connectivity index (χ1n) is 7.43. The Kier molecular flexibility index (Phi) is 4.10. The van der Waals surface area contributed by atoms with Gasteiger partial charge in [0, 0.05) is 37.1 Å². The van der Waals surface area contributed by atoms with Crippen molar-refractivity contribution in [2.24, 2.45) is 7.05 Å². The van der Waals surface area contributed by atoms with Crippen LogP contribution >= 0.6 is 11.3 Å². The Balaban J connectivity index is 1.68. The number of hydrogen-bond donors (Lipinski definition) is 0. The lowest BCUT2D eigenvalue weighted by Crippen LogP contribution is -2.40. The molecule has 0 radical (unpaired) electrons. The molecule has 0 aromatic carbocycles. The highest BCUT2D eigenvalue weighted by atomic mass is 32.1. The first-order chi connectivity index (χ1) is 10.1. The van der Waals surface area contributed by atoms with E-state index in [1.165, 1.54) is 0 Å². The van der Waals surface area contributed by atoms with Crippen LogP contribution in [0.25, 0.3) is 0 Å². The molecule has 4 nitrogen and oxygen atoms in total. The van der Waals surface area contributed by atoms with E-state index in [9.17, 15) is 4.79 Å². The van der Waals surface area contributed by atoms with E-state index in [4.69, 9.17) is 0 Å². The number of rotatable bonds is 3. The molecule has 0 bridgehead atoms. The summed E-state index contributed by atoms with van der Waals surface area (Å²) in [5.74, 6) is 1.72. The lowest BCUT2D eigenvalue weighted by molar-refractivity contribution is -0.131. The van der Waals surface area contributed by atoms with Gasteiger partial charge in [-0.15, -0.1) is 11.3 Å². The molecule has 5 heteroatoms. The van der Waals surface area contributed by atoms with Crippen LogP contribution in [0.4, 0.5) is 0 Å². The van der Waals surface area contributed by atoms with Crippen LogP contribution in [0.3, 0.4) is 0 Å². The largest absolute Gasteiger partial charge is 0.342 e. The predicted octanol–water partition coefficient (Wildman–Crippen LogP) is 2.74. The van der Waals surface area contributed by atoms with Crippen LogP contribution in [0.2, 0.25) is 0 Å². The number of hydrogen-bond acceptors (Lipinski definition) is 3. The number of carbonyl (C=O) groups excluding carboxylic acids is 1. The molecule has 3 rings (SSSR count). The van der Waals surface area contributed by atoms with Crippen molar-refractivity contribution < 1.29 is 4.79 Å². The number of thiophene rings is 1. The first-order valence-corrected chi connectivity index (χ1v) is 8.31. The van der Waals surface area contributed by atoms with Crippen LogP contribution in [0.15, 0.2) is 23.7 Å². The monoisotopic (exact) mass is 303 g/mol. The average molecular weight is 303 g/mol. The molecule has 3 heterocycles. The van der Waals surface area contributed by atoms with E-state index in [-0.39, 0.29) is 5.91 Å². The third-order valence-electron chi connectivity index (χ3n) is 4.08. The highest BCUT2D eigenvalue weighted by Crippen LogP contribution is 2.26. The number of imidazole rings is 1. The summed E-state index contributed by atoms with van der Waals surface area (Å²) in [6, 6.07) is 4.04. The predicted molar refractivity (Wildman–Crippen MR) is 84.5 cm³/mol. The van der Waals surface area contributed by atoms with Crippen molar-refractivity contribution in [2.75, 3.05) is 13.1 Å². The maximum absolute atomic E-state index is 12.4. The number of carbonyl (C=O) groups is 1. The molecule has 2 aromatic heterocycles. The minimum atomic E-state index is 0.244. The van der Waals surface area contributed by atoms with Gasteiger partial charge < -0.3 is 9.47 Å². The van der Waals surface area contributed by atoms with Crippen LogP contribution in [0, 0.1) is 6.92 Å². The van der Waals surface area contributed by atoms with Crippen molar-refractivity contribution in [3.05, 3.63) is 40.1 Å². The number of aromatic nitrogens is 2. The second-order valence-electron chi connectivity index (χ2n) is 5.79. The zero-order valence-corrected chi connectivity index (χ0v) is 13.4. The van der Waals surface area contributed by atoms with Crippen molar-refractivity contribution in [3.8, 4) is 0 Å². The summed E-state index contributed by atoms with van der Waals surface area (Å²) in [6.07, 6.45) is 4.77. The summed E-state index contributed by atoms with van der Waals surface area (Å²) in [6.45, 7) is 3.70. The molecule has 1 saturated heterocycles. The Hall–Kier alpha value is -1.62. The molecule has 1 amide bonds. The molecule has 1 unspecified atom stereocenters. The third kappa shape index (κ3) is 3.18. The van der Waals surface area contributed by atoms with Crippen LogP contribution < -0.4 is 0 Å². The summed E-state index contributed by atoms with van der Waals surface area (Å²) in [5, 5.41) is 2.03. The van der Waals surface area contributed by atoms with Crippen molar-refractivity contribution in [2.45, 2.75) is 32.1 Å². The zero-order chi connectivity index (χ0) is 14.8. The average Bonchev–Trinajstić information content (AvgIpc) is 3.08. The molecule has 0 saturated carbocycles. The number of piperidine rings is 1. The second-order valence-corrected chi connectivity index (χ2v) is 6.82. The maximum atomic E-state index is 12.4. The molecule has 1 aliphatic heterocycles. The SMILES string of the molecule is Cc1cn(C)c(C2CCCN(C(=O)Cc3cccs3)C2)n1. The minimum absolute atomic E-state index is 0.244. The smallest absolute Gasteiger partial charge is 0.227 e. The van der Waals surface area contributed by atoms with Gasteiger partial charge in [0.2, 0.25) is 5.91 Å². The first kappa shape index (κ1) is 14.3. The number of amides is 1. The Morgan fingerprint density at radius 2 is 2.38 bits per heavy atom. The molecule has 0 N–H and O–H groups in total. The number of likely N-dealkylation sites (tertiary alicyclic amines) is 1. The van der Waals surface area contributed by atoms with Gasteiger partial charge in [0.15, 0.2) is 0 Å². The summed E-state index contributed by atoms with van der Waals surface area (Å²) in [5.41, 5.74) is 1.05. The Morgan fingerprint density at radius 1 is 1.52 bits per heavy atom. The van der Waals surface area contributed by atoms with Crippen molar-refractivity contribution >= 4 is 17.2 Å². The molecule has 1 atom stereocenters. The molecular weight excluding hydrogens is 282 g/mol. The van der Waals surface area contributed by atoms with E-state index < -0.39 is 0 Å². The Labute approximate surface area is 129 Å². The van der Waals surface area contributed by atoms with Gasteiger partial charge in [0.1, 0.15) is 5.82 Å². The molecular formula is C16H21N3OS. The van der Waals surface area contributed by atoms with Gasteiger partial charge >= 0.3 is 0 Å². The summed E-state index contributed by atoms with van der Waals surface area (Å²) < 4.78 is 2.10. The lowest BCUT2D eigenvalue weighted by Gasteiger charge is -2.32. The van der Waals surface area contributed by atoms with Crippen LogP contribution in [-0.2, 0) is 18.3 Å². The molecule has 1 fully saturated rings.